The summed E-state index contributed by atoms with van der Waals surface area (Å²) in [5.74, 6) is 0.349. The molecular weight excluding hydrogens is 294 g/mol. The second-order valence-electron chi connectivity index (χ2n) is 6.01. The van der Waals surface area contributed by atoms with Crippen molar-refractivity contribution in [3.8, 4) is 0 Å². The lowest BCUT2D eigenvalue weighted by atomic mass is 9.97. The number of rotatable bonds is 5. The van der Waals surface area contributed by atoms with Gasteiger partial charge in [0.15, 0.2) is 0 Å². The van der Waals surface area contributed by atoms with E-state index in [1.165, 1.54) is 5.56 Å². The van der Waals surface area contributed by atoms with Crippen LogP contribution in [0.3, 0.4) is 0 Å². The molecule has 0 aliphatic carbocycles. The van der Waals surface area contributed by atoms with Crippen LogP contribution in [0.2, 0.25) is 5.02 Å². The summed E-state index contributed by atoms with van der Waals surface area (Å²) in [4.78, 5) is 12.2. The zero-order valence-corrected chi connectivity index (χ0v) is 14.1. The van der Waals surface area contributed by atoms with Gasteiger partial charge in [0.05, 0.1) is 0 Å². The van der Waals surface area contributed by atoms with E-state index in [9.17, 15) is 4.79 Å². The van der Waals surface area contributed by atoms with Gasteiger partial charge in [0.1, 0.15) is 0 Å². The van der Waals surface area contributed by atoms with E-state index in [2.05, 4.69) is 12.2 Å². The highest BCUT2D eigenvalue weighted by molar-refractivity contribution is 6.30. The van der Waals surface area contributed by atoms with Crippen molar-refractivity contribution in [2.24, 2.45) is 5.92 Å². The Balaban J connectivity index is 1.91. The van der Waals surface area contributed by atoms with Crippen LogP contribution in [-0.4, -0.2) is 5.91 Å². The molecule has 0 aliphatic heterocycles. The van der Waals surface area contributed by atoms with E-state index in [0.29, 0.717) is 6.42 Å². The highest BCUT2D eigenvalue weighted by Crippen LogP contribution is 2.19. The highest BCUT2D eigenvalue weighted by Gasteiger charge is 2.11. The normalized spacial score (nSPS) is 12.0. The molecule has 2 nitrogen and oxygen atoms in total. The van der Waals surface area contributed by atoms with Crippen molar-refractivity contribution < 1.29 is 4.79 Å². The average molecular weight is 316 g/mol. The molecule has 1 amide bonds. The zero-order chi connectivity index (χ0) is 16.1. The Kier molecular flexibility index (Phi) is 5.62. The Morgan fingerprint density at radius 1 is 1.14 bits per heavy atom. The number of carbonyl (C=O) groups excluding carboxylic acids is 1. The van der Waals surface area contributed by atoms with Gasteiger partial charge in [0.2, 0.25) is 5.91 Å². The molecule has 0 heterocycles. The predicted octanol–water partition coefficient (Wildman–Crippen LogP) is 5.16. The second kappa shape index (κ2) is 7.46. The molecule has 0 unspecified atom stereocenters. The van der Waals surface area contributed by atoms with Crippen LogP contribution in [0.25, 0.3) is 0 Å². The van der Waals surface area contributed by atoms with E-state index in [1.807, 2.05) is 56.3 Å². The molecule has 0 radical (unpaired) electrons. The SMILES string of the molecule is Cc1ccc(C)c(NC(=O)C[C@H](C)Cc2ccc(Cl)cc2)c1. The third-order valence-corrected chi connectivity index (χ3v) is 3.95. The summed E-state index contributed by atoms with van der Waals surface area (Å²) in [5, 5.41) is 3.76. The molecule has 2 aromatic carbocycles. The summed E-state index contributed by atoms with van der Waals surface area (Å²) < 4.78 is 0. The third-order valence-electron chi connectivity index (χ3n) is 3.70. The van der Waals surface area contributed by atoms with Crippen molar-refractivity contribution in [3.05, 3.63) is 64.2 Å². The maximum atomic E-state index is 12.2. The number of benzene rings is 2. The molecule has 0 aromatic heterocycles. The summed E-state index contributed by atoms with van der Waals surface area (Å²) in [6.07, 6.45) is 1.38. The molecule has 1 N–H and O–H groups in total. The first-order valence-corrected chi connectivity index (χ1v) is 7.93. The molecule has 0 saturated carbocycles. The Hall–Kier alpha value is -1.80. The molecule has 0 fully saturated rings. The van der Waals surface area contributed by atoms with E-state index in [0.717, 1.165) is 28.3 Å². The molecule has 0 bridgehead atoms. The molecule has 22 heavy (non-hydrogen) atoms. The molecule has 2 rings (SSSR count). The third kappa shape index (κ3) is 4.88. The van der Waals surface area contributed by atoms with Gasteiger partial charge in [-0.15, -0.1) is 0 Å². The number of nitrogens with one attached hydrogen (secondary N) is 1. The monoisotopic (exact) mass is 315 g/mol. The van der Waals surface area contributed by atoms with Crippen LogP contribution < -0.4 is 5.32 Å². The summed E-state index contributed by atoms with van der Waals surface area (Å²) in [5.41, 5.74) is 4.35. The smallest absolute Gasteiger partial charge is 0.224 e. The number of hydrogen-bond acceptors (Lipinski definition) is 1. The Bertz CT molecular complexity index is 649. The van der Waals surface area contributed by atoms with Crippen LogP contribution in [-0.2, 0) is 11.2 Å². The summed E-state index contributed by atoms with van der Waals surface area (Å²) in [7, 11) is 0. The number of hydrogen-bond donors (Lipinski definition) is 1. The van der Waals surface area contributed by atoms with Crippen molar-refractivity contribution in [2.75, 3.05) is 5.32 Å². The standard InChI is InChI=1S/C19H22ClNO/c1-13-4-5-15(3)18(11-13)21-19(22)12-14(2)10-16-6-8-17(20)9-7-16/h4-9,11,14H,10,12H2,1-3H3,(H,21,22)/t14-/m1/s1. The highest BCUT2D eigenvalue weighted by atomic mass is 35.5. The molecule has 0 aliphatic rings. The van der Waals surface area contributed by atoms with E-state index in [1.54, 1.807) is 0 Å². The van der Waals surface area contributed by atoms with Gasteiger partial charge in [-0.05, 0) is 61.1 Å². The molecule has 116 valence electrons. The van der Waals surface area contributed by atoms with Gasteiger partial charge in [0.25, 0.3) is 0 Å². The van der Waals surface area contributed by atoms with Crippen molar-refractivity contribution in [1.82, 2.24) is 0 Å². The maximum absolute atomic E-state index is 12.2. The summed E-state index contributed by atoms with van der Waals surface area (Å²) in [6.45, 7) is 6.13. The van der Waals surface area contributed by atoms with Gasteiger partial charge in [-0.3, -0.25) is 4.79 Å². The van der Waals surface area contributed by atoms with Gasteiger partial charge in [-0.2, -0.15) is 0 Å². The van der Waals surface area contributed by atoms with Crippen molar-refractivity contribution in [3.63, 3.8) is 0 Å². The van der Waals surface area contributed by atoms with E-state index >= 15 is 0 Å². The topological polar surface area (TPSA) is 29.1 Å². The Labute approximate surface area is 137 Å². The first kappa shape index (κ1) is 16.6. The minimum absolute atomic E-state index is 0.0650. The van der Waals surface area contributed by atoms with Crippen LogP contribution in [0.15, 0.2) is 42.5 Å². The zero-order valence-electron chi connectivity index (χ0n) is 13.3. The lowest BCUT2D eigenvalue weighted by Crippen LogP contribution is -2.17. The summed E-state index contributed by atoms with van der Waals surface area (Å²) >= 11 is 5.89. The first-order chi connectivity index (χ1) is 10.4. The van der Waals surface area contributed by atoms with Crippen LogP contribution >= 0.6 is 11.6 Å². The van der Waals surface area contributed by atoms with Crippen molar-refractivity contribution in [1.29, 1.82) is 0 Å². The van der Waals surface area contributed by atoms with Gasteiger partial charge in [-0.1, -0.05) is 42.8 Å². The Morgan fingerprint density at radius 2 is 1.82 bits per heavy atom. The fourth-order valence-corrected chi connectivity index (χ4v) is 2.61. The number of halogens is 1. The van der Waals surface area contributed by atoms with Crippen molar-refractivity contribution in [2.45, 2.75) is 33.6 Å². The number of anilines is 1. The van der Waals surface area contributed by atoms with Gasteiger partial charge >= 0.3 is 0 Å². The molecule has 3 heteroatoms. The first-order valence-electron chi connectivity index (χ1n) is 7.55. The number of carbonyl (C=O) groups is 1. The molecule has 0 spiro atoms. The maximum Gasteiger partial charge on any atom is 0.224 e. The molecule has 1 atom stereocenters. The fourth-order valence-electron chi connectivity index (χ4n) is 2.48. The van der Waals surface area contributed by atoms with Gasteiger partial charge < -0.3 is 5.32 Å². The lowest BCUT2D eigenvalue weighted by molar-refractivity contribution is -0.116. The number of aryl methyl sites for hydroxylation is 2. The minimum atomic E-state index is 0.0650. The molecule has 0 saturated heterocycles. The minimum Gasteiger partial charge on any atom is -0.326 e. The van der Waals surface area contributed by atoms with Crippen LogP contribution in [0.1, 0.15) is 30.0 Å². The Morgan fingerprint density at radius 3 is 2.50 bits per heavy atom. The van der Waals surface area contributed by atoms with Crippen molar-refractivity contribution >= 4 is 23.2 Å². The van der Waals surface area contributed by atoms with Crippen LogP contribution in [0, 0.1) is 19.8 Å². The predicted molar refractivity (Wildman–Crippen MR) is 93.5 cm³/mol. The van der Waals surface area contributed by atoms with E-state index in [-0.39, 0.29) is 11.8 Å². The molecular formula is C19H22ClNO. The summed E-state index contributed by atoms with van der Waals surface area (Å²) in [6, 6.07) is 13.9. The fraction of sp³-hybridized carbons (Fsp3) is 0.316. The number of amides is 1. The van der Waals surface area contributed by atoms with Crippen LogP contribution in [0.5, 0.6) is 0 Å². The van der Waals surface area contributed by atoms with E-state index in [4.69, 9.17) is 11.6 Å². The van der Waals surface area contributed by atoms with Gasteiger partial charge in [-0.25, -0.2) is 0 Å². The molecule has 2 aromatic rings. The van der Waals surface area contributed by atoms with E-state index < -0.39 is 0 Å². The second-order valence-corrected chi connectivity index (χ2v) is 6.44. The quantitative estimate of drug-likeness (QED) is 0.810. The van der Waals surface area contributed by atoms with Crippen LogP contribution in [0.4, 0.5) is 5.69 Å². The lowest BCUT2D eigenvalue weighted by Gasteiger charge is -2.13. The average Bonchev–Trinajstić information content (AvgIpc) is 2.45. The largest absolute Gasteiger partial charge is 0.326 e. The van der Waals surface area contributed by atoms with Gasteiger partial charge in [0, 0.05) is 17.1 Å².